The molecule has 112 valence electrons. The fourth-order valence-electron chi connectivity index (χ4n) is 1.99. The van der Waals surface area contributed by atoms with Gasteiger partial charge in [0.15, 0.2) is 5.13 Å². The summed E-state index contributed by atoms with van der Waals surface area (Å²) in [6.45, 7) is 0. The summed E-state index contributed by atoms with van der Waals surface area (Å²) >= 11 is 15.0. The van der Waals surface area contributed by atoms with Crippen molar-refractivity contribution < 1.29 is 4.79 Å². The van der Waals surface area contributed by atoms with Crippen LogP contribution in [0.5, 0.6) is 0 Å². The molecule has 0 radical (unpaired) electrons. The number of hydrogen-bond acceptors (Lipinski definition) is 4. The summed E-state index contributed by atoms with van der Waals surface area (Å²) < 4.78 is 0.878. The fraction of sp³-hybridized carbons (Fsp3) is 0.0667. The molecule has 3 nitrogen and oxygen atoms in total. The molecular weight excluding hydrogens is 359 g/mol. The van der Waals surface area contributed by atoms with Gasteiger partial charge in [0.05, 0.1) is 20.3 Å². The molecule has 2 aromatic carbocycles. The van der Waals surface area contributed by atoms with Crippen molar-refractivity contribution in [2.24, 2.45) is 0 Å². The van der Waals surface area contributed by atoms with E-state index in [1.54, 1.807) is 12.1 Å². The first-order chi connectivity index (χ1) is 10.6. The van der Waals surface area contributed by atoms with E-state index in [-0.39, 0.29) is 5.91 Å². The molecule has 0 saturated heterocycles. The van der Waals surface area contributed by atoms with Crippen LogP contribution in [0.2, 0.25) is 10.0 Å². The normalized spacial score (nSPS) is 10.9. The van der Waals surface area contributed by atoms with Crippen molar-refractivity contribution in [1.82, 2.24) is 4.98 Å². The Bertz CT molecular complexity index is 864. The summed E-state index contributed by atoms with van der Waals surface area (Å²) in [7, 11) is 0. The number of nitrogens with zero attached hydrogens (tertiary/aromatic N) is 1. The van der Waals surface area contributed by atoms with Crippen molar-refractivity contribution in [3.8, 4) is 0 Å². The molecule has 1 N–H and O–H groups in total. The van der Waals surface area contributed by atoms with Gasteiger partial charge in [0, 0.05) is 4.90 Å². The minimum Gasteiger partial charge on any atom is -0.298 e. The zero-order chi connectivity index (χ0) is 15.7. The molecule has 3 rings (SSSR count). The molecular formula is C15H10Cl2N2OS2. The topological polar surface area (TPSA) is 42.0 Å². The van der Waals surface area contributed by atoms with Crippen LogP contribution in [0, 0.1) is 0 Å². The van der Waals surface area contributed by atoms with Crippen molar-refractivity contribution in [3.63, 3.8) is 0 Å². The number of hydrogen-bond donors (Lipinski definition) is 1. The van der Waals surface area contributed by atoms with E-state index in [0.717, 1.165) is 9.60 Å². The van der Waals surface area contributed by atoms with Crippen LogP contribution in [0.4, 0.5) is 5.13 Å². The minimum absolute atomic E-state index is 0.189. The van der Waals surface area contributed by atoms with E-state index in [0.29, 0.717) is 26.3 Å². The van der Waals surface area contributed by atoms with Gasteiger partial charge in [-0.1, -0.05) is 46.7 Å². The van der Waals surface area contributed by atoms with Gasteiger partial charge in [0.25, 0.3) is 5.91 Å². The summed E-state index contributed by atoms with van der Waals surface area (Å²) in [6, 6.07) is 11.0. The Hall–Kier alpha value is -1.27. The zero-order valence-corrected chi connectivity index (χ0v) is 14.5. The van der Waals surface area contributed by atoms with Crippen LogP contribution in [0.15, 0.2) is 41.3 Å². The number of halogens is 2. The van der Waals surface area contributed by atoms with Crippen LogP contribution in [-0.2, 0) is 0 Å². The highest BCUT2D eigenvalue weighted by Gasteiger charge is 2.15. The average molecular weight is 369 g/mol. The lowest BCUT2D eigenvalue weighted by molar-refractivity contribution is 0.102. The van der Waals surface area contributed by atoms with Crippen LogP contribution in [0.25, 0.3) is 10.2 Å². The fourth-order valence-corrected chi connectivity index (χ4v) is 3.87. The van der Waals surface area contributed by atoms with Crippen molar-refractivity contribution in [2.45, 2.75) is 4.90 Å². The number of carbonyl (C=O) groups excluding carboxylic acids is 1. The number of anilines is 1. The number of aromatic nitrogens is 1. The first kappa shape index (κ1) is 15.6. The molecule has 0 spiro atoms. The Morgan fingerprint density at radius 1 is 1.23 bits per heavy atom. The molecule has 0 aliphatic rings. The van der Waals surface area contributed by atoms with Gasteiger partial charge in [-0.05, 0) is 30.5 Å². The van der Waals surface area contributed by atoms with Crippen LogP contribution < -0.4 is 5.32 Å². The summed E-state index contributed by atoms with van der Waals surface area (Å²) in [4.78, 5) is 17.7. The summed E-state index contributed by atoms with van der Waals surface area (Å²) in [5, 5.41) is 4.17. The van der Waals surface area contributed by atoms with Gasteiger partial charge in [-0.2, -0.15) is 0 Å². The third-order valence-electron chi connectivity index (χ3n) is 3.02. The zero-order valence-electron chi connectivity index (χ0n) is 11.4. The molecule has 0 unspecified atom stereocenters. The molecule has 1 aromatic heterocycles. The van der Waals surface area contributed by atoms with Crippen LogP contribution >= 0.6 is 46.3 Å². The van der Waals surface area contributed by atoms with Gasteiger partial charge >= 0.3 is 0 Å². The van der Waals surface area contributed by atoms with Gasteiger partial charge < -0.3 is 0 Å². The van der Waals surface area contributed by atoms with E-state index in [1.165, 1.54) is 23.1 Å². The second kappa shape index (κ2) is 6.46. The standard InChI is InChI=1S/C15H10Cl2N2OS2/c1-21-10-5-3-2-4-8(10)14(20)19-15-18-13-11(22-15)7-6-9(16)12(13)17/h2-7H,1H3,(H,18,19,20). The Morgan fingerprint density at radius 2 is 2.00 bits per heavy atom. The number of fused-ring (bicyclic) bond motifs is 1. The van der Waals surface area contributed by atoms with E-state index in [9.17, 15) is 4.79 Å². The molecule has 7 heteroatoms. The van der Waals surface area contributed by atoms with Crippen molar-refractivity contribution in [1.29, 1.82) is 0 Å². The van der Waals surface area contributed by atoms with Crippen LogP contribution in [0.1, 0.15) is 10.4 Å². The number of carbonyl (C=O) groups is 1. The van der Waals surface area contributed by atoms with E-state index >= 15 is 0 Å². The van der Waals surface area contributed by atoms with E-state index in [4.69, 9.17) is 23.2 Å². The molecule has 1 heterocycles. The largest absolute Gasteiger partial charge is 0.298 e. The first-order valence-corrected chi connectivity index (χ1v) is 9.09. The predicted octanol–water partition coefficient (Wildman–Crippen LogP) is 5.58. The smallest absolute Gasteiger partial charge is 0.258 e. The van der Waals surface area contributed by atoms with Crippen LogP contribution in [0.3, 0.4) is 0 Å². The van der Waals surface area contributed by atoms with E-state index in [2.05, 4.69) is 10.3 Å². The first-order valence-electron chi connectivity index (χ1n) is 6.29. The van der Waals surface area contributed by atoms with Crippen LogP contribution in [-0.4, -0.2) is 17.1 Å². The lowest BCUT2D eigenvalue weighted by Crippen LogP contribution is -2.12. The average Bonchev–Trinajstić information content (AvgIpc) is 2.94. The number of rotatable bonds is 3. The number of thioether (sulfide) groups is 1. The van der Waals surface area contributed by atoms with Crippen molar-refractivity contribution >= 4 is 67.6 Å². The Kier molecular flexibility index (Phi) is 4.59. The third-order valence-corrected chi connectivity index (χ3v) is 5.55. The van der Waals surface area contributed by atoms with Gasteiger partial charge in [-0.3, -0.25) is 10.1 Å². The minimum atomic E-state index is -0.189. The monoisotopic (exact) mass is 368 g/mol. The van der Waals surface area contributed by atoms with Gasteiger partial charge in [0.1, 0.15) is 5.52 Å². The molecule has 22 heavy (non-hydrogen) atoms. The number of thiazole rings is 1. The highest BCUT2D eigenvalue weighted by atomic mass is 35.5. The van der Waals surface area contributed by atoms with Gasteiger partial charge in [-0.25, -0.2) is 4.98 Å². The lowest BCUT2D eigenvalue weighted by Gasteiger charge is -2.05. The maximum Gasteiger partial charge on any atom is 0.258 e. The van der Waals surface area contributed by atoms with Gasteiger partial charge in [0.2, 0.25) is 0 Å². The Morgan fingerprint density at radius 3 is 2.77 bits per heavy atom. The molecule has 1 amide bonds. The third kappa shape index (κ3) is 2.94. The molecule has 0 atom stereocenters. The summed E-state index contributed by atoms with van der Waals surface area (Å²) in [5.41, 5.74) is 1.23. The van der Waals surface area contributed by atoms with Crippen molar-refractivity contribution in [3.05, 3.63) is 52.0 Å². The molecule has 3 aromatic rings. The van der Waals surface area contributed by atoms with Gasteiger partial charge in [-0.15, -0.1) is 11.8 Å². The number of amides is 1. The molecule has 0 bridgehead atoms. The second-order valence-corrected chi connectivity index (χ2v) is 7.05. The summed E-state index contributed by atoms with van der Waals surface area (Å²) in [5.74, 6) is -0.189. The highest BCUT2D eigenvalue weighted by Crippen LogP contribution is 2.35. The maximum absolute atomic E-state index is 12.4. The lowest BCUT2D eigenvalue weighted by atomic mass is 10.2. The van der Waals surface area contributed by atoms with E-state index < -0.39 is 0 Å². The summed E-state index contributed by atoms with van der Waals surface area (Å²) in [6.07, 6.45) is 1.94. The number of nitrogens with one attached hydrogen (secondary N) is 1. The second-order valence-electron chi connectivity index (χ2n) is 4.38. The molecule has 0 saturated carbocycles. The quantitative estimate of drug-likeness (QED) is 0.613. The predicted molar refractivity (Wildman–Crippen MR) is 95.8 cm³/mol. The molecule has 0 fully saturated rings. The molecule has 0 aliphatic carbocycles. The Labute approximate surface area is 145 Å². The molecule has 0 aliphatic heterocycles. The highest BCUT2D eigenvalue weighted by molar-refractivity contribution is 7.98. The number of benzene rings is 2. The Balaban J connectivity index is 1.93. The SMILES string of the molecule is CSc1ccccc1C(=O)Nc1nc2c(Cl)c(Cl)ccc2s1. The van der Waals surface area contributed by atoms with E-state index in [1.807, 2.05) is 30.5 Å². The maximum atomic E-state index is 12.4. The van der Waals surface area contributed by atoms with Crippen molar-refractivity contribution in [2.75, 3.05) is 11.6 Å².